The van der Waals surface area contributed by atoms with Crippen LogP contribution < -0.4 is 15.9 Å². The third-order valence-electron chi connectivity index (χ3n) is 5.51. The number of hydrogen-bond acceptors (Lipinski definition) is 6. The van der Waals surface area contributed by atoms with Crippen molar-refractivity contribution in [1.82, 2.24) is 20.2 Å². The van der Waals surface area contributed by atoms with Crippen molar-refractivity contribution in [2.45, 2.75) is 50.4 Å². The van der Waals surface area contributed by atoms with Crippen LogP contribution in [-0.2, 0) is 24.2 Å². The predicted molar refractivity (Wildman–Crippen MR) is 121 cm³/mol. The van der Waals surface area contributed by atoms with Gasteiger partial charge in [0.05, 0.1) is 11.8 Å². The number of halogens is 1. The third kappa shape index (κ3) is 5.21. The molecule has 168 valence electrons. The molecule has 1 aliphatic rings. The molecule has 0 fully saturated rings. The van der Waals surface area contributed by atoms with E-state index in [1.165, 1.54) is 52.5 Å². The molecule has 1 heterocycles. The number of benzene rings is 2. The van der Waals surface area contributed by atoms with E-state index in [0.717, 1.165) is 18.4 Å². The van der Waals surface area contributed by atoms with Crippen LogP contribution in [0, 0.1) is 5.82 Å². The van der Waals surface area contributed by atoms with Gasteiger partial charge in [-0.25, -0.2) is 9.07 Å². The summed E-state index contributed by atoms with van der Waals surface area (Å²) < 4.78 is 20.3. The fourth-order valence-electron chi connectivity index (χ4n) is 3.73. The number of ether oxygens (including phenoxy) is 1. The summed E-state index contributed by atoms with van der Waals surface area (Å²) in [6.45, 7) is 1.95. The Kier molecular flexibility index (Phi) is 6.94. The van der Waals surface area contributed by atoms with Crippen molar-refractivity contribution in [3.63, 3.8) is 0 Å². The second kappa shape index (κ2) is 10.0. The fourth-order valence-corrected chi connectivity index (χ4v) is 4.41. The molecular weight excluding hydrogens is 429 g/mol. The molecule has 0 aliphatic heterocycles. The number of nitrogens with one attached hydrogen (secondary N) is 1. The highest BCUT2D eigenvalue weighted by molar-refractivity contribution is 7.99. The summed E-state index contributed by atoms with van der Waals surface area (Å²) in [5, 5.41) is 11.4. The number of nitrogen functional groups attached to an aromatic ring is 1. The van der Waals surface area contributed by atoms with Crippen LogP contribution in [0.15, 0.2) is 47.6 Å². The second-order valence-corrected chi connectivity index (χ2v) is 8.74. The Labute approximate surface area is 190 Å². The smallest absolute Gasteiger partial charge is 0.230 e. The minimum absolute atomic E-state index is 0.0352. The van der Waals surface area contributed by atoms with Crippen molar-refractivity contribution >= 4 is 17.7 Å². The molecule has 0 saturated heterocycles. The molecule has 0 spiro atoms. The van der Waals surface area contributed by atoms with Crippen molar-refractivity contribution in [2.75, 3.05) is 11.6 Å². The average molecular weight is 456 g/mol. The standard InChI is InChI=1S/C23H26FN5O2S/c1-15(17-11-10-16-6-2-3-7-18(16)12-17)26-22(30)14-32-23-28-27-21(29(23)25)13-31-20-9-5-4-8-19(20)24/h4-5,8-12,15H,2-3,6-7,13-14,25H2,1H3,(H,26,30). The molecular formula is C23H26FN5O2S. The number of amides is 1. The molecule has 1 amide bonds. The Hall–Kier alpha value is -3.07. The largest absolute Gasteiger partial charge is 0.482 e. The van der Waals surface area contributed by atoms with Gasteiger partial charge in [-0.2, -0.15) is 0 Å². The normalized spacial score (nSPS) is 13.9. The van der Waals surface area contributed by atoms with Crippen LogP contribution in [0.1, 0.15) is 48.3 Å². The van der Waals surface area contributed by atoms with Crippen LogP contribution in [0.5, 0.6) is 5.75 Å². The molecule has 32 heavy (non-hydrogen) atoms. The Bertz CT molecular complexity index is 1100. The second-order valence-electron chi connectivity index (χ2n) is 7.80. The highest BCUT2D eigenvalue weighted by Crippen LogP contribution is 2.25. The molecule has 1 atom stereocenters. The maximum atomic E-state index is 13.7. The summed E-state index contributed by atoms with van der Waals surface area (Å²) in [7, 11) is 0. The van der Waals surface area contributed by atoms with Crippen molar-refractivity contribution in [1.29, 1.82) is 0 Å². The van der Waals surface area contributed by atoms with Gasteiger partial charge in [0.2, 0.25) is 11.1 Å². The van der Waals surface area contributed by atoms with Crippen LogP contribution in [0.3, 0.4) is 0 Å². The molecule has 0 saturated carbocycles. The number of hydrogen-bond donors (Lipinski definition) is 2. The van der Waals surface area contributed by atoms with E-state index >= 15 is 0 Å². The number of aryl methyl sites for hydroxylation is 2. The van der Waals surface area contributed by atoms with Gasteiger partial charge in [0.25, 0.3) is 0 Å². The predicted octanol–water partition coefficient (Wildman–Crippen LogP) is 3.56. The lowest BCUT2D eigenvalue weighted by atomic mass is 9.89. The van der Waals surface area contributed by atoms with Crippen molar-refractivity contribution in [2.24, 2.45) is 0 Å². The van der Waals surface area contributed by atoms with Crippen molar-refractivity contribution < 1.29 is 13.9 Å². The Balaban J connectivity index is 1.29. The van der Waals surface area contributed by atoms with E-state index in [9.17, 15) is 9.18 Å². The van der Waals surface area contributed by atoms with E-state index in [4.69, 9.17) is 10.6 Å². The molecule has 1 aromatic heterocycles. The van der Waals surface area contributed by atoms with E-state index in [0.29, 0.717) is 11.0 Å². The van der Waals surface area contributed by atoms with E-state index in [2.05, 4.69) is 33.7 Å². The zero-order valence-electron chi connectivity index (χ0n) is 17.9. The molecule has 3 N–H and O–H groups in total. The van der Waals surface area contributed by atoms with Crippen molar-refractivity contribution in [3.8, 4) is 5.75 Å². The van der Waals surface area contributed by atoms with Crippen LogP contribution in [0.4, 0.5) is 4.39 Å². The maximum absolute atomic E-state index is 13.7. The molecule has 0 radical (unpaired) electrons. The number of para-hydroxylation sites is 1. The first-order valence-corrected chi connectivity index (χ1v) is 11.6. The van der Waals surface area contributed by atoms with Gasteiger partial charge in [-0.3, -0.25) is 4.79 Å². The van der Waals surface area contributed by atoms with Gasteiger partial charge in [0.15, 0.2) is 17.4 Å². The number of nitrogens with zero attached hydrogens (tertiary/aromatic N) is 3. The SMILES string of the molecule is CC(NC(=O)CSc1nnc(COc2ccccc2F)n1N)c1ccc2c(c1)CCCC2. The molecule has 4 rings (SSSR count). The Morgan fingerprint density at radius 2 is 2.00 bits per heavy atom. The highest BCUT2D eigenvalue weighted by atomic mass is 32.2. The topological polar surface area (TPSA) is 95.1 Å². The summed E-state index contributed by atoms with van der Waals surface area (Å²) in [6.07, 6.45) is 4.72. The van der Waals surface area contributed by atoms with Crippen LogP contribution >= 0.6 is 11.8 Å². The number of carbonyl (C=O) groups excluding carboxylic acids is 1. The Morgan fingerprint density at radius 1 is 1.22 bits per heavy atom. The summed E-state index contributed by atoms with van der Waals surface area (Å²) in [5.74, 6) is 6.03. The third-order valence-corrected chi connectivity index (χ3v) is 6.45. The summed E-state index contributed by atoms with van der Waals surface area (Å²) in [4.78, 5) is 12.5. The number of thioether (sulfide) groups is 1. The maximum Gasteiger partial charge on any atom is 0.230 e. The molecule has 7 nitrogen and oxygen atoms in total. The minimum Gasteiger partial charge on any atom is -0.482 e. The molecule has 9 heteroatoms. The Morgan fingerprint density at radius 3 is 2.81 bits per heavy atom. The summed E-state index contributed by atoms with van der Waals surface area (Å²) >= 11 is 1.18. The van der Waals surface area contributed by atoms with Gasteiger partial charge in [-0.1, -0.05) is 42.1 Å². The van der Waals surface area contributed by atoms with Crippen LogP contribution in [0.25, 0.3) is 0 Å². The number of aromatic nitrogens is 3. The molecule has 3 aromatic rings. The first-order chi connectivity index (χ1) is 15.5. The van der Waals surface area contributed by atoms with E-state index < -0.39 is 5.82 Å². The number of nitrogens with two attached hydrogens (primary N) is 1. The molecule has 1 unspecified atom stereocenters. The van der Waals surface area contributed by atoms with E-state index in [1.54, 1.807) is 12.1 Å². The molecule has 0 bridgehead atoms. The van der Waals surface area contributed by atoms with Gasteiger partial charge in [-0.05, 0) is 61.4 Å². The monoisotopic (exact) mass is 455 g/mol. The number of fused-ring (bicyclic) bond motifs is 1. The molecule has 2 aromatic carbocycles. The summed E-state index contributed by atoms with van der Waals surface area (Å²) in [6, 6.07) is 12.5. The zero-order valence-corrected chi connectivity index (χ0v) is 18.7. The first-order valence-electron chi connectivity index (χ1n) is 10.6. The van der Waals surface area contributed by atoms with Gasteiger partial charge < -0.3 is 15.9 Å². The van der Waals surface area contributed by atoms with Crippen molar-refractivity contribution in [3.05, 3.63) is 70.8 Å². The molecule has 1 aliphatic carbocycles. The average Bonchev–Trinajstić information content (AvgIpc) is 3.16. The van der Waals surface area contributed by atoms with E-state index in [-0.39, 0.29) is 30.1 Å². The highest BCUT2D eigenvalue weighted by Gasteiger charge is 2.17. The van der Waals surface area contributed by atoms with Crippen LogP contribution in [-0.4, -0.2) is 26.5 Å². The summed E-state index contributed by atoms with van der Waals surface area (Å²) in [5.41, 5.74) is 3.93. The van der Waals surface area contributed by atoms with E-state index in [1.807, 2.05) is 6.92 Å². The van der Waals surface area contributed by atoms with Gasteiger partial charge in [0.1, 0.15) is 6.61 Å². The number of rotatable bonds is 8. The van der Waals surface area contributed by atoms with Gasteiger partial charge in [0, 0.05) is 0 Å². The minimum atomic E-state index is -0.463. The lowest BCUT2D eigenvalue weighted by molar-refractivity contribution is -0.119. The first kappa shape index (κ1) is 22.1. The lowest BCUT2D eigenvalue weighted by Crippen LogP contribution is -2.28. The quantitative estimate of drug-likeness (QED) is 0.398. The lowest BCUT2D eigenvalue weighted by Gasteiger charge is -2.20. The van der Waals surface area contributed by atoms with Gasteiger partial charge >= 0.3 is 0 Å². The number of carbonyl (C=O) groups is 1. The fraction of sp³-hybridized carbons (Fsp3) is 0.348. The zero-order chi connectivity index (χ0) is 22.5. The van der Waals surface area contributed by atoms with Gasteiger partial charge in [-0.15, -0.1) is 10.2 Å². The van der Waals surface area contributed by atoms with Crippen LogP contribution in [0.2, 0.25) is 0 Å².